The normalized spacial score (nSPS) is 17.4. The van der Waals surface area contributed by atoms with Crippen LogP contribution in [0.4, 0.5) is 11.6 Å². The van der Waals surface area contributed by atoms with Gasteiger partial charge in [0.25, 0.3) is 11.5 Å². The Morgan fingerprint density at radius 1 is 0.852 bits per heavy atom. The van der Waals surface area contributed by atoms with Gasteiger partial charge in [-0.1, -0.05) is 0 Å². The molecule has 9 heteroatoms. The van der Waals surface area contributed by atoms with E-state index in [4.69, 9.17) is 0 Å². The van der Waals surface area contributed by atoms with E-state index in [9.17, 15) is 9.59 Å². The molecule has 27 heavy (non-hydrogen) atoms. The van der Waals surface area contributed by atoms with E-state index in [2.05, 4.69) is 25.1 Å². The zero-order valence-corrected chi connectivity index (χ0v) is 15.4. The summed E-state index contributed by atoms with van der Waals surface area (Å²) in [5.74, 6) is 1.62. The Kier molecular flexibility index (Phi) is 4.74. The molecule has 2 aliphatic rings. The van der Waals surface area contributed by atoms with Crippen LogP contribution in [-0.2, 0) is 7.05 Å². The molecule has 2 aromatic rings. The lowest BCUT2D eigenvalue weighted by Gasteiger charge is -2.35. The third kappa shape index (κ3) is 3.62. The Hall–Kier alpha value is -2.97. The largest absolute Gasteiger partial charge is 0.355 e. The smallest absolute Gasteiger partial charge is 0.274 e. The van der Waals surface area contributed by atoms with Crippen molar-refractivity contribution in [1.82, 2.24) is 24.9 Å². The molecule has 0 radical (unpaired) electrons. The van der Waals surface area contributed by atoms with Crippen LogP contribution in [0.1, 0.15) is 23.3 Å². The van der Waals surface area contributed by atoms with Crippen molar-refractivity contribution in [2.75, 3.05) is 49.1 Å². The second-order valence-electron chi connectivity index (χ2n) is 6.90. The summed E-state index contributed by atoms with van der Waals surface area (Å²) in [4.78, 5) is 30.2. The predicted molar refractivity (Wildman–Crippen MR) is 101 cm³/mol. The topological polar surface area (TPSA) is 87.5 Å². The van der Waals surface area contributed by atoms with Crippen LogP contribution < -0.4 is 15.4 Å². The first-order valence-electron chi connectivity index (χ1n) is 9.29. The van der Waals surface area contributed by atoms with Crippen LogP contribution in [0.25, 0.3) is 0 Å². The molecule has 2 saturated heterocycles. The van der Waals surface area contributed by atoms with Crippen LogP contribution in [0.3, 0.4) is 0 Å². The first kappa shape index (κ1) is 17.4. The van der Waals surface area contributed by atoms with Crippen LogP contribution in [0, 0.1) is 0 Å². The molecule has 0 saturated carbocycles. The maximum absolute atomic E-state index is 12.6. The lowest BCUT2D eigenvalue weighted by Crippen LogP contribution is -2.49. The van der Waals surface area contributed by atoms with E-state index in [1.165, 1.54) is 29.7 Å². The molecule has 0 unspecified atom stereocenters. The van der Waals surface area contributed by atoms with Gasteiger partial charge in [-0.2, -0.15) is 5.10 Å². The van der Waals surface area contributed by atoms with Crippen LogP contribution in [0.15, 0.2) is 29.1 Å². The summed E-state index contributed by atoms with van der Waals surface area (Å²) >= 11 is 0. The molecular formula is C18H23N7O2. The lowest BCUT2D eigenvalue weighted by molar-refractivity contribution is 0.0738. The zero-order chi connectivity index (χ0) is 18.8. The van der Waals surface area contributed by atoms with Gasteiger partial charge in [0.05, 0.1) is 0 Å². The minimum absolute atomic E-state index is 0.152. The van der Waals surface area contributed by atoms with E-state index in [0.29, 0.717) is 31.9 Å². The number of rotatable bonds is 3. The van der Waals surface area contributed by atoms with Gasteiger partial charge in [-0.3, -0.25) is 9.59 Å². The Morgan fingerprint density at radius 3 is 2.00 bits per heavy atom. The van der Waals surface area contributed by atoms with Gasteiger partial charge in [-0.15, -0.1) is 10.2 Å². The van der Waals surface area contributed by atoms with E-state index in [-0.39, 0.29) is 11.5 Å². The number of amides is 1. The molecule has 0 aliphatic carbocycles. The van der Waals surface area contributed by atoms with Crippen molar-refractivity contribution in [2.45, 2.75) is 12.8 Å². The third-order valence-corrected chi connectivity index (χ3v) is 5.14. The number of nitrogens with zero attached hydrogens (tertiary/aromatic N) is 7. The van der Waals surface area contributed by atoms with Crippen molar-refractivity contribution in [1.29, 1.82) is 0 Å². The number of hydrogen-bond donors (Lipinski definition) is 0. The molecule has 2 fully saturated rings. The van der Waals surface area contributed by atoms with Crippen LogP contribution in [0.2, 0.25) is 0 Å². The molecule has 0 atom stereocenters. The molecule has 2 aromatic heterocycles. The molecule has 0 bridgehead atoms. The maximum Gasteiger partial charge on any atom is 0.274 e. The van der Waals surface area contributed by atoms with E-state index >= 15 is 0 Å². The third-order valence-electron chi connectivity index (χ3n) is 5.14. The van der Waals surface area contributed by atoms with Gasteiger partial charge in [0.1, 0.15) is 5.69 Å². The highest BCUT2D eigenvalue weighted by molar-refractivity contribution is 5.92. The molecule has 1 amide bonds. The quantitative estimate of drug-likeness (QED) is 0.760. The summed E-state index contributed by atoms with van der Waals surface area (Å²) in [7, 11) is 1.54. The first-order chi connectivity index (χ1) is 13.1. The number of aromatic nitrogens is 4. The lowest BCUT2D eigenvalue weighted by atomic mass is 10.2. The molecule has 0 spiro atoms. The molecule has 142 valence electrons. The summed E-state index contributed by atoms with van der Waals surface area (Å²) < 4.78 is 1.18. The Bertz CT molecular complexity index is 866. The fourth-order valence-corrected chi connectivity index (χ4v) is 3.52. The van der Waals surface area contributed by atoms with Crippen molar-refractivity contribution in [3.05, 3.63) is 40.3 Å². The van der Waals surface area contributed by atoms with Gasteiger partial charge in [0, 0.05) is 52.4 Å². The van der Waals surface area contributed by atoms with Gasteiger partial charge in [0.15, 0.2) is 11.6 Å². The number of carbonyl (C=O) groups excluding carboxylic acids is 1. The van der Waals surface area contributed by atoms with Crippen molar-refractivity contribution in [3.63, 3.8) is 0 Å². The minimum atomic E-state index is -0.229. The molecule has 0 N–H and O–H groups in total. The highest BCUT2D eigenvalue weighted by Gasteiger charge is 2.24. The second-order valence-corrected chi connectivity index (χ2v) is 6.90. The molecule has 4 heterocycles. The summed E-state index contributed by atoms with van der Waals surface area (Å²) in [5, 5.41) is 12.8. The minimum Gasteiger partial charge on any atom is -0.355 e. The highest BCUT2D eigenvalue weighted by Crippen LogP contribution is 2.20. The Morgan fingerprint density at radius 2 is 1.44 bits per heavy atom. The van der Waals surface area contributed by atoms with Crippen molar-refractivity contribution >= 4 is 17.5 Å². The zero-order valence-electron chi connectivity index (χ0n) is 15.4. The molecular weight excluding hydrogens is 346 g/mol. The summed E-state index contributed by atoms with van der Waals surface area (Å²) in [6, 6.07) is 6.89. The Balaban J connectivity index is 1.37. The monoisotopic (exact) mass is 369 g/mol. The number of carbonyl (C=O) groups is 1. The van der Waals surface area contributed by atoms with E-state index in [1.54, 1.807) is 11.9 Å². The van der Waals surface area contributed by atoms with E-state index in [0.717, 1.165) is 24.7 Å². The van der Waals surface area contributed by atoms with Gasteiger partial charge in [-0.25, -0.2) is 4.68 Å². The average molecular weight is 369 g/mol. The van der Waals surface area contributed by atoms with E-state index < -0.39 is 0 Å². The van der Waals surface area contributed by atoms with Crippen LogP contribution >= 0.6 is 0 Å². The highest BCUT2D eigenvalue weighted by atomic mass is 16.2. The van der Waals surface area contributed by atoms with Gasteiger partial charge < -0.3 is 14.7 Å². The fraction of sp³-hybridized carbons (Fsp3) is 0.500. The number of aryl methyl sites for hydroxylation is 1. The summed E-state index contributed by atoms with van der Waals surface area (Å²) in [5.41, 5.74) is 0.0626. The predicted octanol–water partition coefficient (Wildman–Crippen LogP) is 0.133. The maximum atomic E-state index is 12.6. The van der Waals surface area contributed by atoms with Gasteiger partial charge in [-0.05, 0) is 31.0 Å². The standard InChI is InChI=1S/C18H23N7O2/c1-22-17(26)7-4-14(21-22)18(27)25-12-10-24(11-13-25)16-6-5-15(19-20-16)23-8-2-3-9-23/h4-7H,2-3,8-13H2,1H3. The average Bonchev–Trinajstić information content (AvgIpc) is 3.25. The van der Waals surface area contributed by atoms with Gasteiger partial charge >= 0.3 is 0 Å². The van der Waals surface area contributed by atoms with Gasteiger partial charge in [0.2, 0.25) is 0 Å². The number of hydrogen-bond acceptors (Lipinski definition) is 7. The molecule has 9 nitrogen and oxygen atoms in total. The van der Waals surface area contributed by atoms with Crippen molar-refractivity contribution < 1.29 is 4.79 Å². The van der Waals surface area contributed by atoms with Crippen LogP contribution in [-0.4, -0.2) is 70.1 Å². The number of anilines is 2. The number of piperazine rings is 1. The summed E-state index contributed by atoms with van der Waals surface area (Å²) in [6.07, 6.45) is 2.42. The fourth-order valence-electron chi connectivity index (χ4n) is 3.52. The van der Waals surface area contributed by atoms with E-state index in [1.807, 2.05) is 12.1 Å². The van der Waals surface area contributed by atoms with Crippen LogP contribution in [0.5, 0.6) is 0 Å². The molecule has 2 aliphatic heterocycles. The SMILES string of the molecule is Cn1nc(C(=O)N2CCN(c3ccc(N4CCCC4)nn3)CC2)ccc1=O. The van der Waals surface area contributed by atoms with Crippen molar-refractivity contribution in [2.24, 2.45) is 7.05 Å². The Labute approximate surface area is 157 Å². The first-order valence-corrected chi connectivity index (χ1v) is 9.29. The molecule has 0 aromatic carbocycles. The summed E-state index contributed by atoms with van der Waals surface area (Å²) in [6.45, 7) is 4.64. The molecule has 4 rings (SSSR count). The van der Waals surface area contributed by atoms with Crippen molar-refractivity contribution in [3.8, 4) is 0 Å². The second kappa shape index (κ2) is 7.34.